The first-order valence-corrected chi connectivity index (χ1v) is 11.0. The second-order valence-corrected chi connectivity index (χ2v) is 8.59. The van der Waals surface area contributed by atoms with E-state index in [4.69, 9.17) is 16.3 Å². The predicted molar refractivity (Wildman–Crippen MR) is 124 cm³/mol. The molecule has 9 heteroatoms. The fourth-order valence-corrected chi connectivity index (χ4v) is 4.77. The van der Waals surface area contributed by atoms with Gasteiger partial charge in [-0.2, -0.15) is 0 Å². The van der Waals surface area contributed by atoms with Crippen LogP contribution in [0.25, 0.3) is 16.6 Å². The fraction of sp³-hybridized carbons (Fsp3) is 0.250. The van der Waals surface area contributed by atoms with Gasteiger partial charge in [-0.3, -0.25) is 9.36 Å². The standard InChI is InChI=1S/C24H22ClN5O3/c1-14-3-7-20-18(9-14)22(24(32)33-2)21-8-4-15(11-30(20)21)28-23(31)17-6-5-16(10-19(17)25)29-12-26-27-13-29/h3,5-7,9-10,12-13,15H,4,8,11H2,1-2H3,(H,28,31). The summed E-state index contributed by atoms with van der Waals surface area (Å²) in [5.41, 5.74) is 4.78. The highest BCUT2D eigenvalue weighted by molar-refractivity contribution is 6.34. The quantitative estimate of drug-likeness (QED) is 0.466. The summed E-state index contributed by atoms with van der Waals surface area (Å²) in [6.07, 6.45) is 4.50. The minimum atomic E-state index is -0.332. The van der Waals surface area contributed by atoms with Gasteiger partial charge in [0.1, 0.15) is 12.7 Å². The first-order valence-electron chi connectivity index (χ1n) is 10.6. The van der Waals surface area contributed by atoms with Gasteiger partial charge in [0.25, 0.3) is 5.91 Å². The topological polar surface area (TPSA) is 91.0 Å². The van der Waals surface area contributed by atoms with E-state index in [-0.39, 0.29) is 17.9 Å². The molecular formula is C24H22ClN5O3. The number of benzene rings is 2. The van der Waals surface area contributed by atoms with Gasteiger partial charge in [0.2, 0.25) is 0 Å². The van der Waals surface area contributed by atoms with Crippen molar-refractivity contribution < 1.29 is 14.3 Å². The molecule has 1 atom stereocenters. The molecule has 4 aromatic rings. The molecule has 1 aliphatic heterocycles. The predicted octanol–water partition coefficient (Wildman–Crippen LogP) is 3.72. The Hall–Kier alpha value is -3.65. The monoisotopic (exact) mass is 463 g/mol. The Morgan fingerprint density at radius 2 is 1.94 bits per heavy atom. The number of methoxy groups -OCH3 is 1. The van der Waals surface area contributed by atoms with E-state index in [0.29, 0.717) is 35.5 Å². The summed E-state index contributed by atoms with van der Waals surface area (Å²) in [6.45, 7) is 2.56. The van der Waals surface area contributed by atoms with Crippen LogP contribution in [-0.4, -0.2) is 44.4 Å². The fourth-order valence-electron chi connectivity index (χ4n) is 4.51. The molecule has 1 amide bonds. The maximum absolute atomic E-state index is 13.0. The summed E-state index contributed by atoms with van der Waals surface area (Å²) in [5.74, 6) is -0.564. The number of aryl methyl sites for hydroxylation is 1. The molecule has 5 rings (SSSR count). The van der Waals surface area contributed by atoms with Crippen LogP contribution < -0.4 is 5.32 Å². The molecule has 168 valence electrons. The van der Waals surface area contributed by atoms with Gasteiger partial charge in [-0.1, -0.05) is 23.2 Å². The van der Waals surface area contributed by atoms with Gasteiger partial charge in [-0.15, -0.1) is 10.2 Å². The molecule has 0 radical (unpaired) electrons. The van der Waals surface area contributed by atoms with Crippen LogP contribution in [0.2, 0.25) is 5.02 Å². The van der Waals surface area contributed by atoms with Crippen molar-refractivity contribution in [1.29, 1.82) is 0 Å². The molecule has 2 aromatic heterocycles. The molecule has 0 fully saturated rings. The average Bonchev–Trinajstić information content (AvgIpc) is 3.44. The lowest BCUT2D eigenvalue weighted by Gasteiger charge is -2.27. The Morgan fingerprint density at radius 3 is 2.67 bits per heavy atom. The molecule has 2 aromatic carbocycles. The Bertz CT molecular complexity index is 1380. The summed E-state index contributed by atoms with van der Waals surface area (Å²) in [4.78, 5) is 25.5. The van der Waals surface area contributed by atoms with Crippen LogP contribution in [-0.2, 0) is 17.7 Å². The number of aromatic nitrogens is 4. The lowest BCUT2D eigenvalue weighted by atomic mass is 10.0. The molecule has 0 bridgehead atoms. The molecule has 0 saturated carbocycles. The largest absolute Gasteiger partial charge is 0.465 e. The Kier molecular flexibility index (Phi) is 5.38. The highest BCUT2D eigenvalue weighted by atomic mass is 35.5. The van der Waals surface area contributed by atoms with Crippen LogP contribution in [0.1, 0.15) is 38.4 Å². The van der Waals surface area contributed by atoms with Crippen LogP contribution in [0.15, 0.2) is 49.1 Å². The van der Waals surface area contributed by atoms with Crippen molar-refractivity contribution in [3.63, 3.8) is 0 Å². The highest BCUT2D eigenvalue weighted by Gasteiger charge is 2.29. The third kappa shape index (κ3) is 3.76. The number of ether oxygens (including phenoxy) is 1. The summed E-state index contributed by atoms with van der Waals surface area (Å²) < 4.78 is 8.89. The number of halogens is 1. The number of hydrogen-bond acceptors (Lipinski definition) is 5. The molecule has 1 unspecified atom stereocenters. The molecule has 0 saturated heterocycles. The average molecular weight is 464 g/mol. The lowest BCUT2D eigenvalue weighted by Crippen LogP contribution is -2.41. The first kappa shape index (κ1) is 21.2. The summed E-state index contributed by atoms with van der Waals surface area (Å²) >= 11 is 6.42. The third-order valence-corrected chi connectivity index (χ3v) is 6.41. The van der Waals surface area contributed by atoms with Crippen LogP contribution in [0.3, 0.4) is 0 Å². The van der Waals surface area contributed by atoms with Crippen LogP contribution in [0, 0.1) is 6.92 Å². The van der Waals surface area contributed by atoms with Crippen molar-refractivity contribution in [2.75, 3.05) is 7.11 Å². The normalized spacial score (nSPS) is 15.3. The summed E-state index contributed by atoms with van der Waals surface area (Å²) in [6, 6.07) is 11.2. The number of nitrogens with one attached hydrogen (secondary N) is 1. The zero-order valence-electron chi connectivity index (χ0n) is 18.2. The molecule has 0 aliphatic carbocycles. The smallest absolute Gasteiger partial charge is 0.340 e. The maximum Gasteiger partial charge on any atom is 0.340 e. The molecule has 33 heavy (non-hydrogen) atoms. The van der Waals surface area contributed by atoms with Gasteiger partial charge < -0.3 is 14.6 Å². The number of nitrogens with zero attached hydrogens (tertiary/aromatic N) is 4. The van der Waals surface area contributed by atoms with E-state index in [2.05, 4.69) is 20.1 Å². The van der Waals surface area contributed by atoms with E-state index in [9.17, 15) is 9.59 Å². The lowest BCUT2D eigenvalue weighted by molar-refractivity contribution is 0.0600. The van der Waals surface area contributed by atoms with Crippen LogP contribution in [0.5, 0.6) is 0 Å². The first-order chi connectivity index (χ1) is 16.0. The molecule has 0 spiro atoms. The van der Waals surface area contributed by atoms with Gasteiger partial charge in [0.15, 0.2) is 0 Å². The van der Waals surface area contributed by atoms with Gasteiger partial charge in [0.05, 0.1) is 23.3 Å². The number of hydrogen-bond donors (Lipinski definition) is 1. The summed E-state index contributed by atoms with van der Waals surface area (Å²) in [7, 11) is 1.40. The van der Waals surface area contributed by atoms with Crippen molar-refractivity contribution >= 4 is 34.4 Å². The second kappa shape index (κ2) is 8.37. The molecular weight excluding hydrogens is 442 g/mol. The minimum Gasteiger partial charge on any atom is -0.465 e. The number of carbonyl (C=O) groups is 2. The summed E-state index contributed by atoms with van der Waals surface area (Å²) in [5, 5.41) is 11.9. The zero-order chi connectivity index (χ0) is 23.1. The van der Waals surface area contributed by atoms with E-state index >= 15 is 0 Å². The zero-order valence-corrected chi connectivity index (χ0v) is 19.0. The number of amides is 1. The van der Waals surface area contributed by atoms with E-state index in [1.54, 1.807) is 35.4 Å². The number of esters is 1. The van der Waals surface area contributed by atoms with Gasteiger partial charge >= 0.3 is 5.97 Å². The van der Waals surface area contributed by atoms with Crippen molar-refractivity contribution in [1.82, 2.24) is 24.6 Å². The molecule has 1 aliphatic rings. The third-order valence-electron chi connectivity index (χ3n) is 6.10. The van der Waals surface area contributed by atoms with Crippen molar-refractivity contribution in [3.05, 3.63) is 76.5 Å². The van der Waals surface area contributed by atoms with Gasteiger partial charge in [-0.25, -0.2) is 4.79 Å². The van der Waals surface area contributed by atoms with Crippen molar-refractivity contribution in [2.45, 2.75) is 32.4 Å². The van der Waals surface area contributed by atoms with E-state index in [0.717, 1.165) is 27.8 Å². The van der Waals surface area contributed by atoms with Crippen molar-refractivity contribution in [3.8, 4) is 5.69 Å². The molecule has 1 N–H and O–H groups in total. The second-order valence-electron chi connectivity index (χ2n) is 8.19. The van der Waals surface area contributed by atoms with E-state index in [1.807, 2.05) is 25.1 Å². The SMILES string of the molecule is COC(=O)c1c2n(c3ccc(C)cc13)CC(NC(=O)c1ccc(-n3cnnc3)cc1Cl)CC2. The highest BCUT2D eigenvalue weighted by Crippen LogP contribution is 2.32. The Morgan fingerprint density at radius 1 is 1.15 bits per heavy atom. The van der Waals surface area contributed by atoms with Crippen LogP contribution in [0.4, 0.5) is 0 Å². The minimum absolute atomic E-state index is 0.0963. The molecule has 8 nitrogen and oxygen atoms in total. The number of rotatable bonds is 4. The van der Waals surface area contributed by atoms with Crippen molar-refractivity contribution in [2.24, 2.45) is 0 Å². The van der Waals surface area contributed by atoms with Gasteiger partial charge in [-0.05, 0) is 50.1 Å². The Balaban J connectivity index is 1.40. The maximum atomic E-state index is 13.0. The number of carbonyl (C=O) groups excluding carboxylic acids is 2. The Labute approximate surface area is 195 Å². The molecule has 3 heterocycles. The van der Waals surface area contributed by atoms with E-state index < -0.39 is 0 Å². The van der Waals surface area contributed by atoms with Gasteiger partial charge in [0, 0.05) is 34.9 Å². The van der Waals surface area contributed by atoms with Crippen LogP contribution >= 0.6 is 11.6 Å². The number of fused-ring (bicyclic) bond motifs is 3. The van der Waals surface area contributed by atoms with E-state index in [1.165, 1.54) is 7.11 Å².